The standard InChI is InChI=1S/C12H11Br2N3O/c1-2-17-4-3-11(16-17)15-12(18)8-5-9(13)7-10(14)6-8/h3-7H,2H2,1H3,(H,15,16,18). The maximum atomic E-state index is 12.0. The molecule has 0 bridgehead atoms. The van der Waals surface area contributed by atoms with Gasteiger partial charge in [-0.1, -0.05) is 31.9 Å². The molecule has 2 aromatic rings. The number of carbonyl (C=O) groups excluding carboxylic acids is 1. The fourth-order valence-corrected chi connectivity index (χ4v) is 2.77. The highest BCUT2D eigenvalue weighted by Gasteiger charge is 2.09. The highest BCUT2D eigenvalue weighted by molar-refractivity contribution is 9.11. The van der Waals surface area contributed by atoms with E-state index in [1.54, 1.807) is 22.9 Å². The largest absolute Gasteiger partial charge is 0.305 e. The lowest BCUT2D eigenvalue weighted by Gasteiger charge is -2.03. The summed E-state index contributed by atoms with van der Waals surface area (Å²) in [5, 5.41) is 6.96. The molecule has 0 atom stereocenters. The Morgan fingerprint density at radius 3 is 2.56 bits per heavy atom. The Morgan fingerprint density at radius 2 is 2.00 bits per heavy atom. The maximum absolute atomic E-state index is 12.0. The first-order valence-electron chi connectivity index (χ1n) is 5.39. The molecule has 0 aliphatic heterocycles. The second kappa shape index (κ2) is 5.67. The molecule has 1 aromatic heterocycles. The summed E-state index contributed by atoms with van der Waals surface area (Å²) in [6.07, 6.45) is 1.83. The number of aromatic nitrogens is 2. The molecule has 1 N–H and O–H groups in total. The summed E-state index contributed by atoms with van der Waals surface area (Å²) in [6.45, 7) is 2.77. The van der Waals surface area contributed by atoms with E-state index in [1.165, 1.54) is 0 Å². The number of amides is 1. The van der Waals surface area contributed by atoms with Crippen molar-refractivity contribution >= 4 is 43.6 Å². The molecular formula is C12H11Br2N3O. The van der Waals surface area contributed by atoms with Crippen LogP contribution in [-0.2, 0) is 6.54 Å². The van der Waals surface area contributed by atoms with Gasteiger partial charge in [0.1, 0.15) is 0 Å². The number of rotatable bonds is 3. The van der Waals surface area contributed by atoms with Crippen LogP contribution in [0.5, 0.6) is 0 Å². The van der Waals surface area contributed by atoms with E-state index in [1.807, 2.05) is 19.2 Å². The van der Waals surface area contributed by atoms with E-state index in [0.29, 0.717) is 11.4 Å². The molecule has 6 heteroatoms. The summed E-state index contributed by atoms with van der Waals surface area (Å²) >= 11 is 6.70. The number of nitrogens with one attached hydrogen (secondary N) is 1. The molecule has 0 spiro atoms. The van der Waals surface area contributed by atoms with Crippen molar-refractivity contribution in [1.82, 2.24) is 9.78 Å². The average molecular weight is 373 g/mol. The van der Waals surface area contributed by atoms with Crippen LogP contribution >= 0.6 is 31.9 Å². The summed E-state index contributed by atoms with van der Waals surface area (Å²) in [4.78, 5) is 12.0. The third-order valence-electron chi connectivity index (χ3n) is 2.33. The zero-order valence-corrected chi connectivity index (χ0v) is 12.8. The number of hydrogen-bond acceptors (Lipinski definition) is 2. The minimum absolute atomic E-state index is 0.182. The predicted molar refractivity (Wildman–Crippen MR) is 77.7 cm³/mol. The van der Waals surface area contributed by atoms with Gasteiger partial charge in [0, 0.05) is 33.3 Å². The van der Waals surface area contributed by atoms with Gasteiger partial charge in [-0.15, -0.1) is 0 Å². The Hall–Kier alpha value is -1.14. The zero-order chi connectivity index (χ0) is 13.1. The molecule has 18 heavy (non-hydrogen) atoms. The molecule has 4 nitrogen and oxygen atoms in total. The molecule has 0 radical (unpaired) electrons. The fraction of sp³-hybridized carbons (Fsp3) is 0.167. The quantitative estimate of drug-likeness (QED) is 0.893. The number of nitrogens with zero attached hydrogens (tertiary/aromatic N) is 2. The Kier molecular flexibility index (Phi) is 4.19. The van der Waals surface area contributed by atoms with Gasteiger partial charge in [-0.3, -0.25) is 9.48 Å². The topological polar surface area (TPSA) is 46.9 Å². The lowest BCUT2D eigenvalue weighted by molar-refractivity contribution is 0.102. The van der Waals surface area contributed by atoms with Crippen molar-refractivity contribution in [2.75, 3.05) is 5.32 Å². The van der Waals surface area contributed by atoms with E-state index in [9.17, 15) is 4.79 Å². The lowest BCUT2D eigenvalue weighted by Crippen LogP contribution is -2.12. The van der Waals surface area contributed by atoms with Crippen LogP contribution in [0.15, 0.2) is 39.4 Å². The first-order valence-corrected chi connectivity index (χ1v) is 6.98. The third kappa shape index (κ3) is 3.20. The van der Waals surface area contributed by atoms with E-state index < -0.39 is 0 Å². The molecule has 0 saturated heterocycles. The fourth-order valence-electron chi connectivity index (χ4n) is 1.48. The van der Waals surface area contributed by atoms with Gasteiger partial charge in [0.15, 0.2) is 5.82 Å². The van der Waals surface area contributed by atoms with Crippen molar-refractivity contribution in [1.29, 1.82) is 0 Å². The predicted octanol–water partition coefficient (Wildman–Crippen LogP) is 3.68. The van der Waals surface area contributed by atoms with Gasteiger partial charge in [0.25, 0.3) is 5.91 Å². The average Bonchev–Trinajstić information content (AvgIpc) is 2.75. The molecule has 0 saturated carbocycles. The monoisotopic (exact) mass is 371 g/mol. The van der Waals surface area contributed by atoms with E-state index in [4.69, 9.17) is 0 Å². The van der Waals surface area contributed by atoms with Gasteiger partial charge in [-0.2, -0.15) is 5.10 Å². The normalized spacial score (nSPS) is 10.4. The first kappa shape index (κ1) is 13.3. The highest BCUT2D eigenvalue weighted by atomic mass is 79.9. The van der Waals surface area contributed by atoms with Crippen LogP contribution in [0.4, 0.5) is 5.82 Å². The van der Waals surface area contributed by atoms with Gasteiger partial charge in [0.2, 0.25) is 0 Å². The van der Waals surface area contributed by atoms with Crippen LogP contribution in [0.25, 0.3) is 0 Å². The number of carbonyl (C=O) groups is 1. The van der Waals surface area contributed by atoms with Crippen molar-refractivity contribution in [3.05, 3.63) is 45.0 Å². The Bertz CT molecular complexity index is 560. The first-order chi connectivity index (χ1) is 8.58. The molecule has 0 aliphatic carbocycles. The SMILES string of the molecule is CCn1ccc(NC(=O)c2cc(Br)cc(Br)c2)n1. The van der Waals surface area contributed by atoms with Crippen molar-refractivity contribution in [3.63, 3.8) is 0 Å². The van der Waals surface area contributed by atoms with Crippen molar-refractivity contribution < 1.29 is 4.79 Å². The Morgan fingerprint density at radius 1 is 1.33 bits per heavy atom. The van der Waals surface area contributed by atoms with E-state index in [-0.39, 0.29) is 5.91 Å². The Balaban J connectivity index is 2.16. The summed E-state index contributed by atoms with van der Waals surface area (Å²) in [7, 11) is 0. The van der Waals surface area contributed by atoms with Crippen LogP contribution < -0.4 is 5.32 Å². The minimum Gasteiger partial charge on any atom is -0.305 e. The second-order valence-electron chi connectivity index (χ2n) is 3.67. The summed E-state index contributed by atoms with van der Waals surface area (Å²) in [5.41, 5.74) is 0.572. The van der Waals surface area contributed by atoms with Crippen LogP contribution in [0.1, 0.15) is 17.3 Å². The van der Waals surface area contributed by atoms with Gasteiger partial charge in [0.05, 0.1) is 0 Å². The molecule has 1 aromatic carbocycles. The van der Waals surface area contributed by atoms with Gasteiger partial charge in [-0.05, 0) is 25.1 Å². The second-order valence-corrected chi connectivity index (χ2v) is 5.50. The molecule has 1 heterocycles. The van der Waals surface area contributed by atoms with Crippen molar-refractivity contribution in [2.45, 2.75) is 13.5 Å². The summed E-state index contributed by atoms with van der Waals surface area (Å²) in [5.74, 6) is 0.372. The number of aryl methyl sites for hydroxylation is 1. The number of anilines is 1. The van der Waals surface area contributed by atoms with Crippen LogP contribution in [0, 0.1) is 0 Å². The zero-order valence-electron chi connectivity index (χ0n) is 9.65. The minimum atomic E-state index is -0.182. The van der Waals surface area contributed by atoms with Gasteiger partial charge in [-0.25, -0.2) is 0 Å². The summed E-state index contributed by atoms with van der Waals surface area (Å²) in [6, 6.07) is 7.17. The molecule has 0 unspecified atom stereocenters. The molecule has 0 fully saturated rings. The van der Waals surface area contributed by atoms with Gasteiger partial charge < -0.3 is 5.32 Å². The third-order valence-corrected chi connectivity index (χ3v) is 3.25. The molecular weight excluding hydrogens is 362 g/mol. The van der Waals surface area contributed by atoms with Crippen molar-refractivity contribution in [2.24, 2.45) is 0 Å². The molecule has 0 aliphatic rings. The molecule has 2 rings (SSSR count). The van der Waals surface area contributed by atoms with E-state index in [0.717, 1.165) is 15.5 Å². The number of benzene rings is 1. The van der Waals surface area contributed by atoms with E-state index >= 15 is 0 Å². The van der Waals surface area contributed by atoms with Crippen molar-refractivity contribution in [3.8, 4) is 0 Å². The molecule has 94 valence electrons. The van der Waals surface area contributed by atoms with Crippen LogP contribution in [0.2, 0.25) is 0 Å². The number of halogens is 2. The molecule has 1 amide bonds. The Labute approximate surface area is 122 Å². The number of hydrogen-bond donors (Lipinski definition) is 1. The van der Waals surface area contributed by atoms with Crippen LogP contribution in [-0.4, -0.2) is 15.7 Å². The maximum Gasteiger partial charge on any atom is 0.256 e. The van der Waals surface area contributed by atoms with Crippen LogP contribution in [0.3, 0.4) is 0 Å². The smallest absolute Gasteiger partial charge is 0.256 e. The van der Waals surface area contributed by atoms with E-state index in [2.05, 4.69) is 42.3 Å². The summed E-state index contributed by atoms with van der Waals surface area (Å²) < 4.78 is 3.45. The highest BCUT2D eigenvalue weighted by Crippen LogP contribution is 2.20. The van der Waals surface area contributed by atoms with Gasteiger partial charge >= 0.3 is 0 Å². The lowest BCUT2D eigenvalue weighted by atomic mass is 10.2.